The Balaban J connectivity index is 2.97. The molecule has 88 valence electrons. The molecule has 0 spiro atoms. The van der Waals surface area contributed by atoms with E-state index in [-0.39, 0.29) is 6.42 Å². The number of hydrogen-bond acceptors (Lipinski definition) is 5. The third kappa shape index (κ3) is 3.60. The molecule has 0 saturated carbocycles. The molecule has 0 saturated heterocycles. The summed E-state index contributed by atoms with van der Waals surface area (Å²) in [7, 11) is 0. The maximum Gasteiger partial charge on any atom is 0.106 e. The van der Waals surface area contributed by atoms with Crippen LogP contribution in [0.4, 0.5) is 5.69 Å². The summed E-state index contributed by atoms with van der Waals surface area (Å²) in [6, 6.07) is 6.36. The first-order valence-electron chi connectivity index (χ1n) is 4.70. The van der Waals surface area contributed by atoms with Gasteiger partial charge in [0.2, 0.25) is 0 Å². The van der Waals surface area contributed by atoms with Gasteiger partial charge in [0.1, 0.15) is 6.10 Å². The Bertz CT molecular complexity index is 495. The molecule has 0 aliphatic rings. The van der Waals surface area contributed by atoms with Gasteiger partial charge in [0.05, 0.1) is 34.5 Å². The Morgan fingerprint density at radius 1 is 1.47 bits per heavy atom. The summed E-state index contributed by atoms with van der Waals surface area (Å²) in [4.78, 5) is 3.72. The van der Waals surface area contributed by atoms with Crippen LogP contribution in [-0.2, 0) is 0 Å². The van der Waals surface area contributed by atoms with Crippen molar-refractivity contribution >= 4 is 34.7 Å². The van der Waals surface area contributed by atoms with Crippen LogP contribution >= 0.6 is 23.8 Å². The summed E-state index contributed by atoms with van der Waals surface area (Å²) in [5.41, 5.74) is 0.855. The smallest absolute Gasteiger partial charge is 0.106 e. The fourth-order valence-corrected chi connectivity index (χ4v) is 1.60. The zero-order valence-electron chi connectivity index (χ0n) is 8.67. The average molecular weight is 269 g/mol. The number of hydrogen-bond donors (Lipinski definition) is 2. The zero-order valence-corrected chi connectivity index (χ0v) is 10.2. The largest absolute Gasteiger partial charge is 0.389 e. The van der Waals surface area contributed by atoms with Crippen molar-refractivity contribution in [2.75, 3.05) is 0 Å². The van der Waals surface area contributed by atoms with Gasteiger partial charge in [-0.25, -0.2) is 0 Å². The molecule has 0 fully saturated rings. The van der Waals surface area contributed by atoms with Crippen LogP contribution in [0.2, 0.25) is 5.02 Å². The van der Waals surface area contributed by atoms with E-state index in [0.29, 0.717) is 16.3 Å². The van der Waals surface area contributed by atoms with Crippen LogP contribution in [0.25, 0.3) is 0 Å². The third-order valence-corrected chi connectivity index (χ3v) is 2.54. The zero-order chi connectivity index (χ0) is 12.8. The molecule has 0 amide bonds. The molecular weight excluding hydrogens is 260 g/mol. The third-order valence-electron chi connectivity index (χ3n) is 2.14. The van der Waals surface area contributed by atoms with Crippen molar-refractivity contribution in [1.29, 1.82) is 5.26 Å². The fraction of sp³-hybridized carbons (Fsp3) is 0.273. The number of aliphatic hydroxyl groups excluding tert-OH is 2. The molecular formula is C11H9ClN2O2S. The molecule has 2 atom stereocenters. The molecule has 0 bridgehead atoms. The van der Waals surface area contributed by atoms with Crippen LogP contribution in [0.15, 0.2) is 23.2 Å². The standard InChI is InChI=1S/C11H9ClN2O2S/c12-8-5-7(1-2-9(8)14-6-17)11(16)10(15)3-4-13/h1-2,5,10-11,15-16H,3H2. The summed E-state index contributed by atoms with van der Waals surface area (Å²) in [6.07, 6.45) is -2.45. The van der Waals surface area contributed by atoms with Crippen LogP contribution in [0.3, 0.4) is 0 Å². The first-order chi connectivity index (χ1) is 8.10. The second-order valence-corrected chi connectivity index (χ2v) is 3.88. The van der Waals surface area contributed by atoms with E-state index in [0.717, 1.165) is 0 Å². The number of aliphatic imine (C=N–C) groups is 1. The Hall–Kier alpha value is -1.28. The van der Waals surface area contributed by atoms with Gasteiger partial charge in [-0.15, -0.1) is 0 Å². The maximum atomic E-state index is 9.74. The molecule has 0 aromatic heterocycles. The minimum Gasteiger partial charge on any atom is -0.389 e. The molecule has 1 aromatic rings. The van der Waals surface area contributed by atoms with Crippen molar-refractivity contribution in [1.82, 2.24) is 0 Å². The molecule has 1 rings (SSSR count). The van der Waals surface area contributed by atoms with E-state index in [1.807, 2.05) is 0 Å². The lowest BCUT2D eigenvalue weighted by atomic mass is 10.0. The number of isothiocyanates is 1. The molecule has 0 aliphatic carbocycles. The minimum absolute atomic E-state index is 0.154. The van der Waals surface area contributed by atoms with Gasteiger partial charge in [-0.3, -0.25) is 0 Å². The predicted octanol–water partition coefficient (Wildman–Crippen LogP) is 2.38. The molecule has 0 aliphatic heterocycles. The van der Waals surface area contributed by atoms with Crippen LogP contribution in [0, 0.1) is 11.3 Å². The van der Waals surface area contributed by atoms with Gasteiger partial charge in [-0.1, -0.05) is 17.7 Å². The van der Waals surface area contributed by atoms with Gasteiger partial charge in [-0.2, -0.15) is 10.3 Å². The van der Waals surface area contributed by atoms with Crippen molar-refractivity contribution in [2.24, 2.45) is 4.99 Å². The van der Waals surface area contributed by atoms with E-state index < -0.39 is 12.2 Å². The highest BCUT2D eigenvalue weighted by Crippen LogP contribution is 2.29. The van der Waals surface area contributed by atoms with Crippen molar-refractivity contribution in [3.05, 3.63) is 28.8 Å². The van der Waals surface area contributed by atoms with Crippen molar-refractivity contribution < 1.29 is 10.2 Å². The normalized spacial score (nSPS) is 13.3. The number of halogens is 1. The lowest BCUT2D eigenvalue weighted by Gasteiger charge is -2.15. The second-order valence-electron chi connectivity index (χ2n) is 3.29. The molecule has 0 heterocycles. The second kappa shape index (κ2) is 6.45. The molecule has 17 heavy (non-hydrogen) atoms. The SMILES string of the molecule is N#CCC(O)C(O)c1ccc(N=C=S)c(Cl)c1. The molecule has 2 N–H and O–H groups in total. The lowest BCUT2D eigenvalue weighted by Crippen LogP contribution is -2.17. The van der Waals surface area contributed by atoms with E-state index >= 15 is 0 Å². The number of rotatable bonds is 4. The number of aliphatic hydroxyl groups is 2. The topological polar surface area (TPSA) is 76.6 Å². The van der Waals surface area contributed by atoms with Gasteiger partial charge >= 0.3 is 0 Å². The fourth-order valence-electron chi connectivity index (χ4n) is 1.27. The minimum atomic E-state index is -1.15. The van der Waals surface area contributed by atoms with Crippen LogP contribution in [-0.4, -0.2) is 21.5 Å². The summed E-state index contributed by atoms with van der Waals surface area (Å²) in [6.45, 7) is 0. The van der Waals surface area contributed by atoms with Gasteiger partial charge in [0, 0.05) is 0 Å². The van der Waals surface area contributed by atoms with Gasteiger partial charge in [0.15, 0.2) is 0 Å². The van der Waals surface area contributed by atoms with Gasteiger partial charge < -0.3 is 10.2 Å². The quantitative estimate of drug-likeness (QED) is 0.649. The Labute approximate surface area is 109 Å². The molecule has 4 nitrogen and oxygen atoms in total. The van der Waals surface area contributed by atoms with Gasteiger partial charge in [-0.05, 0) is 29.9 Å². The Kier molecular flexibility index (Phi) is 5.23. The van der Waals surface area contributed by atoms with E-state index in [1.54, 1.807) is 18.2 Å². The summed E-state index contributed by atoms with van der Waals surface area (Å²) >= 11 is 10.3. The Morgan fingerprint density at radius 2 is 2.18 bits per heavy atom. The highest BCUT2D eigenvalue weighted by atomic mass is 35.5. The van der Waals surface area contributed by atoms with E-state index in [1.165, 1.54) is 6.07 Å². The lowest BCUT2D eigenvalue weighted by molar-refractivity contribution is 0.0216. The van der Waals surface area contributed by atoms with E-state index in [2.05, 4.69) is 22.4 Å². The van der Waals surface area contributed by atoms with E-state index in [9.17, 15) is 10.2 Å². The summed E-state index contributed by atoms with van der Waals surface area (Å²) in [5.74, 6) is 0. The number of nitriles is 1. The Morgan fingerprint density at radius 3 is 2.71 bits per heavy atom. The molecule has 2 unspecified atom stereocenters. The van der Waals surface area contributed by atoms with E-state index in [4.69, 9.17) is 16.9 Å². The van der Waals surface area contributed by atoms with Crippen LogP contribution < -0.4 is 0 Å². The highest BCUT2D eigenvalue weighted by Gasteiger charge is 2.18. The van der Waals surface area contributed by atoms with Crippen LogP contribution in [0.5, 0.6) is 0 Å². The molecule has 1 aromatic carbocycles. The highest BCUT2D eigenvalue weighted by molar-refractivity contribution is 7.78. The first-order valence-corrected chi connectivity index (χ1v) is 5.49. The molecule has 6 heteroatoms. The predicted molar refractivity (Wildman–Crippen MR) is 67.3 cm³/mol. The monoisotopic (exact) mass is 268 g/mol. The van der Waals surface area contributed by atoms with Crippen molar-refractivity contribution in [3.63, 3.8) is 0 Å². The molecule has 0 radical (unpaired) electrons. The number of thiocarbonyl (C=S) groups is 1. The number of benzene rings is 1. The number of nitrogens with zero attached hydrogens (tertiary/aromatic N) is 2. The maximum absolute atomic E-state index is 9.74. The summed E-state index contributed by atoms with van der Waals surface area (Å²) in [5, 5.41) is 30.1. The van der Waals surface area contributed by atoms with Crippen molar-refractivity contribution in [2.45, 2.75) is 18.6 Å². The first kappa shape index (κ1) is 13.8. The van der Waals surface area contributed by atoms with Crippen LogP contribution in [0.1, 0.15) is 18.1 Å². The average Bonchev–Trinajstić information content (AvgIpc) is 2.31. The summed E-state index contributed by atoms with van der Waals surface area (Å²) < 4.78 is 0. The van der Waals surface area contributed by atoms with Crippen molar-refractivity contribution in [3.8, 4) is 6.07 Å². The van der Waals surface area contributed by atoms with Gasteiger partial charge in [0.25, 0.3) is 0 Å².